The van der Waals surface area contributed by atoms with Gasteiger partial charge < -0.3 is 20.3 Å². The molecule has 3 aromatic heterocycles. The minimum Gasteiger partial charge on any atom is -0.487 e. The Kier molecular flexibility index (Phi) is 6.07. The predicted octanol–water partition coefficient (Wildman–Crippen LogP) is 3.41. The fourth-order valence-corrected chi connectivity index (χ4v) is 5.12. The number of likely N-dealkylation sites (tertiary alicyclic amines) is 1. The van der Waals surface area contributed by atoms with Crippen LogP contribution in [0.5, 0.6) is 5.75 Å². The summed E-state index contributed by atoms with van der Waals surface area (Å²) in [4.78, 5) is 27.7. The summed E-state index contributed by atoms with van der Waals surface area (Å²) in [7, 11) is 0. The van der Waals surface area contributed by atoms with Gasteiger partial charge in [0.25, 0.3) is 5.91 Å². The highest BCUT2D eigenvalue weighted by Gasteiger charge is 2.24. The highest BCUT2D eigenvalue weighted by Crippen LogP contribution is 2.36. The third kappa shape index (κ3) is 4.54. The van der Waals surface area contributed by atoms with Gasteiger partial charge in [-0.05, 0) is 44.0 Å². The zero-order valence-corrected chi connectivity index (χ0v) is 19.1. The molecule has 1 aliphatic heterocycles. The first kappa shape index (κ1) is 22.2. The van der Waals surface area contributed by atoms with Crippen molar-refractivity contribution in [1.82, 2.24) is 25.0 Å². The van der Waals surface area contributed by atoms with Crippen molar-refractivity contribution in [3.8, 4) is 5.75 Å². The van der Waals surface area contributed by atoms with E-state index in [9.17, 15) is 9.18 Å². The van der Waals surface area contributed by atoms with Gasteiger partial charge in [0, 0.05) is 12.6 Å². The quantitative estimate of drug-likeness (QED) is 0.406. The molecule has 0 saturated carbocycles. The molecule has 0 bridgehead atoms. The number of ether oxygens (including phenoxy) is 1. The minimum atomic E-state index is -0.514. The number of carbonyl (C=O) groups is 1. The number of amides is 1. The maximum atomic E-state index is 14.2. The van der Waals surface area contributed by atoms with E-state index >= 15 is 0 Å². The Bertz CT molecular complexity index is 1330. The fourth-order valence-electron chi connectivity index (χ4n) is 4.12. The van der Waals surface area contributed by atoms with E-state index in [2.05, 4.69) is 30.3 Å². The van der Waals surface area contributed by atoms with Gasteiger partial charge in [0.15, 0.2) is 5.82 Å². The molecule has 4 aromatic rings. The van der Waals surface area contributed by atoms with E-state index in [-0.39, 0.29) is 6.10 Å². The molecule has 1 atom stereocenters. The van der Waals surface area contributed by atoms with E-state index in [0.717, 1.165) is 19.4 Å². The number of fused-ring (bicyclic) bond motifs is 1. The van der Waals surface area contributed by atoms with Gasteiger partial charge in [0.1, 0.15) is 34.6 Å². The number of hydrogen-bond donors (Lipinski definition) is 2. The van der Waals surface area contributed by atoms with Crippen LogP contribution in [-0.2, 0) is 6.54 Å². The van der Waals surface area contributed by atoms with Crippen molar-refractivity contribution in [2.45, 2.75) is 32.4 Å². The highest BCUT2D eigenvalue weighted by molar-refractivity contribution is 7.20. The van der Waals surface area contributed by atoms with Crippen LogP contribution >= 0.6 is 11.3 Å². The standard InChI is InChI=1S/C22H22FN7O3S/c1-12-18-21(25-10-26-22(18)34-19(12)20(24)31)28-15-5-4-13(23)7-16(15)33-14-3-2-6-30(8-14)9-17-27-11-32-29-17/h4-5,7,10-11,14H,2-3,6,8-9H2,1H3,(H2,24,31)(H,25,26,28). The van der Waals surface area contributed by atoms with E-state index in [1.165, 1.54) is 36.2 Å². The van der Waals surface area contributed by atoms with Crippen molar-refractivity contribution in [3.05, 3.63) is 53.0 Å². The summed E-state index contributed by atoms with van der Waals surface area (Å²) in [6.45, 7) is 3.90. The van der Waals surface area contributed by atoms with Crippen molar-refractivity contribution in [3.63, 3.8) is 0 Å². The number of nitrogens with two attached hydrogens (primary N) is 1. The maximum Gasteiger partial charge on any atom is 0.259 e. The molecular formula is C22H22FN7O3S. The van der Waals surface area contributed by atoms with Gasteiger partial charge >= 0.3 is 0 Å². The summed E-state index contributed by atoms with van der Waals surface area (Å²) in [6, 6.07) is 4.32. The zero-order chi connectivity index (χ0) is 23.7. The van der Waals surface area contributed by atoms with Crippen molar-refractivity contribution in [2.24, 2.45) is 5.73 Å². The first-order valence-electron chi connectivity index (χ1n) is 10.7. The summed E-state index contributed by atoms with van der Waals surface area (Å²) in [5.74, 6) is 0.560. The SMILES string of the molecule is Cc1c(C(N)=O)sc2ncnc(Nc3ccc(F)cc3OC3CCCN(Cc4ncon4)C3)c12. The summed E-state index contributed by atoms with van der Waals surface area (Å²) < 4.78 is 25.2. The van der Waals surface area contributed by atoms with Crippen LogP contribution in [-0.4, -0.2) is 50.1 Å². The van der Waals surface area contributed by atoms with Crippen LogP contribution in [0.2, 0.25) is 0 Å². The number of anilines is 2. The second-order valence-electron chi connectivity index (χ2n) is 8.05. The molecule has 10 nitrogen and oxygen atoms in total. The van der Waals surface area contributed by atoms with Gasteiger partial charge in [-0.15, -0.1) is 11.3 Å². The maximum absolute atomic E-state index is 14.2. The topological polar surface area (TPSA) is 132 Å². The average molecular weight is 484 g/mol. The number of aryl methyl sites for hydroxylation is 1. The lowest BCUT2D eigenvalue weighted by Gasteiger charge is -2.32. The molecule has 1 aliphatic rings. The molecule has 0 aliphatic carbocycles. The van der Waals surface area contributed by atoms with Crippen LogP contribution in [0, 0.1) is 12.7 Å². The largest absolute Gasteiger partial charge is 0.487 e. The Labute approximate surface area is 197 Å². The molecule has 1 aromatic carbocycles. The monoisotopic (exact) mass is 483 g/mol. The Morgan fingerprint density at radius 3 is 3.06 bits per heavy atom. The molecule has 3 N–H and O–H groups in total. The summed E-state index contributed by atoms with van der Waals surface area (Å²) >= 11 is 1.21. The molecule has 0 radical (unpaired) electrons. The van der Waals surface area contributed by atoms with Gasteiger partial charge in [0.2, 0.25) is 6.39 Å². The number of primary amides is 1. The zero-order valence-electron chi connectivity index (χ0n) is 18.3. The van der Waals surface area contributed by atoms with Crippen LogP contribution in [0.3, 0.4) is 0 Å². The van der Waals surface area contributed by atoms with Crippen molar-refractivity contribution >= 4 is 39.0 Å². The van der Waals surface area contributed by atoms with Gasteiger partial charge in [-0.2, -0.15) is 4.98 Å². The molecule has 4 heterocycles. The minimum absolute atomic E-state index is 0.141. The van der Waals surface area contributed by atoms with Crippen LogP contribution in [0.1, 0.15) is 33.9 Å². The van der Waals surface area contributed by atoms with E-state index in [0.29, 0.717) is 56.8 Å². The summed E-state index contributed by atoms with van der Waals surface area (Å²) in [5.41, 5.74) is 6.76. The molecular weight excluding hydrogens is 461 g/mol. The highest BCUT2D eigenvalue weighted by atomic mass is 32.1. The van der Waals surface area contributed by atoms with Crippen molar-refractivity contribution < 1.29 is 18.4 Å². The number of benzene rings is 1. The lowest BCUT2D eigenvalue weighted by atomic mass is 10.1. The van der Waals surface area contributed by atoms with E-state index in [4.69, 9.17) is 15.0 Å². The number of aromatic nitrogens is 4. The first-order valence-corrected chi connectivity index (χ1v) is 11.5. The van der Waals surface area contributed by atoms with Gasteiger partial charge in [-0.1, -0.05) is 5.16 Å². The lowest BCUT2D eigenvalue weighted by Crippen LogP contribution is -2.40. The van der Waals surface area contributed by atoms with Gasteiger partial charge in [-0.25, -0.2) is 14.4 Å². The van der Waals surface area contributed by atoms with Crippen molar-refractivity contribution in [1.29, 1.82) is 0 Å². The average Bonchev–Trinajstić information content (AvgIpc) is 3.44. The van der Waals surface area contributed by atoms with Crippen LogP contribution < -0.4 is 15.8 Å². The van der Waals surface area contributed by atoms with Gasteiger partial charge in [0.05, 0.1) is 22.5 Å². The van der Waals surface area contributed by atoms with E-state index < -0.39 is 11.7 Å². The fraction of sp³-hybridized carbons (Fsp3) is 0.318. The molecule has 34 heavy (non-hydrogen) atoms. The Balaban J connectivity index is 1.39. The second kappa shape index (κ2) is 9.31. The Hall–Kier alpha value is -3.64. The van der Waals surface area contributed by atoms with Gasteiger partial charge in [-0.3, -0.25) is 9.69 Å². The number of thiophene rings is 1. The molecule has 1 fully saturated rings. The Morgan fingerprint density at radius 2 is 2.26 bits per heavy atom. The van der Waals surface area contributed by atoms with E-state index in [1.807, 2.05) is 0 Å². The van der Waals surface area contributed by atoms with Crippen LogP contribution in [0.4, 0.5) is 15.9 Å². The molecule has 12 heteroatoms. The summed E-state index contributed by atoms with van der Waals surface area (Å²) in [5, 5.41) is 7.80. The molecule has 0 spiro atoms. The number of hydrogen-bond acceptors (Lipinski definition) is 10. The molecule has 5 rings (SSSR count). The predicted molar refractivity (Wildman–Crippen MR) is 124 cm³/mol. The number of carbonyl (C=O) groups excluding carboxylic acids is 1. The van der Waals surface area contributed by atoms with E-state index in [1.54, 1.807) is 13.0 Å². The first-order chi connectivity index (χ1) is 16.5. The third-order valence-corrected chi connectivity index (χ3v) is 6.89. The Morgan fingerprint density at radius 1 is 1.38 bits per heavy atom. The summed E-state index contributed by atoms with van der Waals surface area (Å²) in [6.07, 6.45) is 4.34. The van der Waals surface area contributed by atoms with Crippen LogP contribution in [0.15, 0.2) is 35.4 Å². The van der Waals surface area contributed by atoms with Crippen molar-refractivity contribution in [2.75, 3.05) is 18.4 Å². The molecule has 1 saturated heterocycles. The second-order valence-corrected chi connectivity index (χ2v) is 9.05. The number of nitrogens with one attached hydrogen (secondary N) is 1. The number of nitrogens with zero attached hydrogens (tertiary/aromatic N) is 5. The van der Waals surface area contributed by atoms with Crippen LogP contribution in [0.25, 0.3) is 10.2 Å². The molecule has 1 amide bonds. The number of piperidine rings is 1. The smallest absolute Gasteiger partial charge is 0.259 e. The normalized spacial score (nSPS) is 16.6. The molecule has 1 unspecified atom stereocenters. The lowest BCUT2D eigenvalue weighted by molar-refractivity contribution is 0.0826. The number of halogens is 1. The molecule has 176 valence electrons. The third-order valence-electron chi connectivity index (χ3n) is 5.68. The number of rotatable bonds is 7.